The van der Waals surface area contributed by atoms with E-state index in [1.54, 1.807) is 18.2 Å². The van der Waals surface area contributed by atoms with Crippen molar-refractivity contribution in [2.75, 3.05) is 0 Å². The average Bonchev–Trinajstić information content (AvgIpc) is 2.24. The molecule has 3 N–H and O–H groups in total. The Bertz CT molecular complexity index is 510. The number of rotatable bonds is 7. The standard InChI is InChI=1S/C10H16O7P2/c1-2-3-6-9-7-4-5-8-10(9)16-19(14,15)17-18(11,12)13/h4-5,7-8H,2-3,6H2,1H3,(H,14,15)(H2,11,12,13). The fourth-order valence-corrected chi connectivity index (χ4v) is 3.08. The molecular weight excluding hydrogens is 294 g/mol. The summed E-state index contributed by atoms with van der Waals surface area (Å²) in [7, 11) is -9.96. The van der Waals surface area contributed by atoms with Crippen LogP contribution in [0.3, 0.4) is 0 Å². The predicted molar refractivity (Wildman–Crippen MR) is 68.6 cm³/mol. The highest BCUT2D eigenvalue weighted by Crippen LogP contribution is 2.57. The second-order valence-corrected chi connectivity index (χ2v) is 6.60. The van der Waals surface area contributed by atoms with Gasteiger partial charge in [-0.3, -0.25) is 4.89 Å². The molecule has 0 amide bonds. The summed E-state index contributed by atoms with van der Waals surface area (Å²) in [6, 6.07) is 6.48. The minimum absolute atomic E-state index is 0.0789. The molecule has 1 aromatic carbocycles. The van der Waals surface area contributed by atoms with Crippen LogP contribution in [0.1, 0.15) is 25.3 Å². The van der Waals surface area contributed by atoms with E-state index in [9.17, 15) is 14.0 Å². The van der Waals surface area contributed by atoms with E-state index in [1.165, 1.54) is 6.07 Å². The van der Waals surface area contributed by atoms with Gasteiger partial charge in [-0.2, -0.15) is 4.31 Å². The van der Waals surface area contributed by atoms with Crippen LogP contribution >= 0.6 is 15.6 Å². The molecule has 108 valence electrons. The largest absolute Gasteiger partial charge is 0.536 e. The van der Waals surface area contributed by atoms with Gasteiger partial charge in [0.1, 0.15) is 5.75 Å². The van der Waals surface area contributed by atoms with Gasteiger partial charge in [-0.15, -0.1) is 0 Å². The van der Waals surface area contributed by atoms with Crippen LogP contribution in [0.5, 0.6) is 5.75 Å². The molecule has 0 saturated carbocycles. The monoisotopic (exact) mass is 310 g/mol. The molecule has 1 unspecified atom stereocenters. The summed E-state index contributed by atoms with van der Waals surface area (Å²) in [5.41, 5.74) is 0.674. The summed E-state index contributed by atoms with van der Waals surface area (Å²) in [5.74, 6) is 0.0789. The maximum absolute atomic E-state index is 11.4. The van der Waals surface area contributed by atoms with Crippen LogP contribution in [0.25, 0.3) is 0 Å². The van der Waals surface area contributed by atoms with Gasteiger partial charge in [0.15, 0.2) is 0 Å². The molecule has 0 fully saturated rings. The van der Waals surface area contributed by atoms with E-state index in [1.807, 2.05) is 6.92 Å². The zero-order valence-corrected chi connectivity index (χ0v) is 12.1. The van der Waals surface area contributed by atoms with Crippen molar-refractivity contribution < 1.29 is 32.6 Å². The quantitative estimate of drug-likeness (QED) is 0.663. The van der Waals surface area contributed by atoms with E-state index in [0.29, 0.717) is 12.0 Å². The van der Waals surface area contributed by atoms with Crippen LogP contribution in [-0.2, 0) is 19.9 Å². The fourth-order valence-electron chi connectivity index (χ4n) is 1.44. The van der Waals surface area contributed by atoms with Crippen LogP contribution in [0.4, 0.5) is 0 Å². The average molecular weight is 310 g/mol. The lowest BCUT2D eigenvalue weighted by molar-refractivity contribution is 0.229. The summed E-state index contributed by atoms with van der Waals surface area (Å²) in [4.78, 5) is 26.3. The van der Waals surface area contributed by atoms with Gasteiger partial charge in [-0.1, -0.05) is 31.5 Å². The van der Waals surface area contributed by atoms with E-state index in [-0.39, 0.29) is 5.75 Å². The molecule has 0 aliphatic heterocycles. The lowest BCUT2D eigenvalue weighted by Crippen LogP contribution is -1.99. The number of benzene rings is 1. The molecule has 0 bridgehead atoms. The lowest BCUT2D eigenvalue weighted by Gasteiger charge is -2.15. The first-order valence-corrected chi connectivity index (χ1v) is 8.63. The molecular formula is C10H16O7P2. The third-order valence-electron chi connectivity index (χ3n) is 2.20. The highest BCUT2D eigenvalue weighted by atomic mass is 31.3. The van der Waals surface area contributed by atoms with Crippen LogP contribution < -0.4 is 4.52 Å². The molecule has 0 aliphatic carbocycles. The normalized spacial score (nSPS) is 14.9. The molecule has 1 atom stereocenters. The maximum atomic E-state index is 11.4. The summed E-state index contributed by atoms with van der Waals surface area (Å²) in [6.07, 6.45) is 2.42. The Morgan fingerprint density at radius 2 is 1.79 bits per heavy atom. The molecule has 0 aliphatic rings. The molecule has 9 heteroatoms. The minimum atomic E-state index is -5.10. The van der Waals surface area contributed by atoms with Gasteiger partial charge in [0.2, 0.25) is 0 Å². The highest BCUT2D eigenvalue weighted by molar-refractivity contribution is 7.60. The maximum Gasteiger partial charge on any atom is 0.536 e. The van der Waals surface area contributed by atoms with Crippen molar-refractivity contribution in [3.63, 3.8) is 0 Å². The molecule has 7 nitrogen and oxygen atoms in total. The van der Waals surface area contributed by atoms with E-state index in [0.717, 1.165) is 12.8 Å². The lowest BCUT2D eigenvalue weighted by atomic mass is 10.1. The van der Waals surface area contributed by atoms with Crippen LogP contribution in [0.15, 0.2) is 24.3 Å². The van der Waals surface area contributed by atoms with E-state index in [4.69, 9.17) is 14.3 Å². The number of hydrogen-bond donors (Lipinski definition) is 3. The van der Waals surface area contributed by atoms with Crippen LogP contribution in [-0.4, -0.2) is 14.7 Å². The van der Waals surface area contributed by atoms with Crippen molar-refractivity contribution >= 4 is 15.6 Å². The topological polar surface area (TPSA) is 113 Å². The Morgan fingerprint density at radius 1 is 1.16 bits per heavy atom. The van der Waals surface area contributed by atoms with Gasteiger partial charge in [-0.25, -0.2) is 9.13 Å². The Kier molecular flexibility index (Phi) is 5.74. The Morgan fingerprint density at radius 3 is 2.37 bits per heavy atom. The predicted octanol–water partition coefficient (Wildman–Crippen LogP) is 2.62. The highest BCUT2D eigenvalue weighted by Gasteiger charge is 2.34. The Balaban J connectivity index is 2.86. The molecule has 0 radical (unpaired) electrons. The van der Waals surface area contributed by atoms with Crippen molar-refractivity contribution in [3.05, 3.63) is 29.8 Å². The SMILES string of the molecule is CCCCc1ccccc1OP(=O)(O)OP(=O)(O)O. The first-order chi connectivity index (χ1) is 8.73. The molecule has 0 aromatic heterocycles. The Hall–Kier alpha value is -0.680. The van der Waals surface area contributed by atoms with Crippen molar-refractivity contribution in [3.8, 4) is 5.75 Å². The summed E-state index contributed by atoms with van der Waals surface area (Å²) in [6.45, 7) is 2.00. The summed E-state index contributed by atoms with van der Waals surface area (Å²) in [5, 5.41) is 0. The third kappa shape index (κ3) is 6.34. The first kappa shape index (κ1) is 16.4. The zero-order valence-electron chi connectivity index (χ0n) is 10.3. The number of unbranched alkanes of at least 4 members (excludes halogenated alkanes) is 1. The summed E-state index contributed by atoms with van der Waals surface area (Å²) >= 11 is 0. The van der Waals surface area contributed by atoms with Crippen molar-refractivity contribution in [1.29, 1.82) is 0 Å². The molecule has 0 saturated heterocycles. The van der Waals surface area contributed by atoms with E-state index >= 15 is 0 Å². The second-order valence-electron chi connectivity index (χ2n) is 3.84. The van der Waals surface area contributed by atoms with Gasteiger partial charge in [0.05, 0.1) is 0 Å². The minimum Gasteiger partial charge on any atom is -0.404 e. The smallest absolute Gasteiger partial charge is 0.404 e. The molecule has 0 spiro atoms. The van der Waals surface area contributed by atoms with Crippen molar-refractivity contribution in [2.45, 2.75) is 26.2 Å². The van der Waals surface area contributed by atoms with Gasteiger partial charge in [-0.05, 0) is 24.5 Å². The number of hydrogen-bond acceptors (Lipinski definition) is 4. The Labute approximate surface area is 111 Å². The number of phosphoric acid groups is 2. The van der Waals surface area contributed by atoms with Crippen LogP contribution in [0.2, 0.25) is 0 Å². The molecule has 19 heavy (non-hydrogen) atoms. The van der Waals surface area contributed by atoms with Crippen molar-refractivity contribution in [2.24, 2.45) is 0 Å². The van der Waals surface area contributed by atoms with Crippen LogP contribution in [0, 0.1) is 0 Å². The van der Waals surface area contributed by atoms with Gasteiger partial charge in [0, 0.05) is 0 Å². The van der Waals surface area contributed by atoms with E-state index < -0.39 is 15.6 Å². The number of aryl methyl sites for hydroxylation is 1. The molecule has 1 rings (SSSR count). The third-order valence-corrected chi connectivity index (χ3v) is 4.30. The number of phosphoric ester groups is 1. The van der Waals surface area contributed by atoms with Gasteiger partial charge >= 0.3 is 15.6 Å². The second kappa shape index (κ2) is 6.66. The molecule has 1 aromatic rings. The number of para-hydroxylation sites is 1. The summed E-state index contributed by atoms with van der Waals surface area (Å²) < 4.78 is 30.4. The fraction of sp³-hybridized carbons (Fsp3) is 0.400. The van der Waals surface area contributed by atoms with Crippen molar-refractivity contribution in [1.82, 2.24) is 0 Å². The van der Waals surface area contributed by atoms with E-state index in [2.05, 4.69) is 4.31 Å². The van der Waals surface area contributed by atoms with Gasteiger partial charge < -0.3 is 14.3 Å². The molecule has 0 heterocycles. The zero-order chi connectivity index (χ0) is 14.5. The first-order valence-electron chi connectivity index (χ1n) is 5.61. The van der Waals surface area contributed by atoms with Gasteiger partial charge in [0.25, 0.3) is 0 Å².